The summed E-state index contributed by atoms with van der Waals surface area (Å²) in [7, 11) is 0. The number of nitrogens with zero attached hydrogens (tertiary/aromatic N) is 9. The second kappa shape index (κ2) is 29.3. The number of carboxylic acids is 1. The molecule has 99 heavy (non-hydrogen) atoms. The molecule has 1 saturated heterocycles. The molecule has 13 rings (SSSR count). The minimum Gasteiger partial charge on any atom is -0.476 e. The lowest BCUT2D eigenvalue weighted by Crippen LogP contribution is -2.60. The first-order valence-electron chi connectivity index (χ1n) is 35.4. The Morgan fingerprint density at radius 3 is 2.23 bits per heavy atom. The van der Waals surface area contributed by atoms with Crippen molar-refractivity contribution in [3.05, 3.63) is 107 Å². The van der Waals surface area contributed by atoms with E-state index in [0.29, 0.717) is 41.7 Å². The predicted molar refractivity (Wildman–Crippen MR) is 379 cm³/mol. The number of rotatable bonds is 29. The van der Waals surface area contributed by atoms with Crippen LogP contribution in [0.1, 0.15) is 163 Å². The van der Waals surface area contributed by atoms with E-state index in [4.69, 9.17) is 30.6 Å². The number of pyridine rings is 1. The predicted octanol–water partition coefficient (Wildman–Crippen LogP) is 10.6. The van der Waals surface area contributed by atoms with Gasteiger partial charge in [0.2, 0.25) is 17.7 Å². The average molecular weight is 1370 g/mol. The first-order chi connectivity index (χ1) is 47.4. The fourth-order valence-electron chi connectivity index (χ4n) is 18.6. The Labute approximate surface area is 582 Å². The summed E-state index contributed by atoms with van der Waals surface area (Å²) >= 11 is 1.57. The van der Waals surface area contributed by atoms with Gasteiger partial charge < -0.3 is 51.5 Å². The lowest BCUT2D eigenvalue weighted by molar-refractivity contribution is -0.940. The van der Waals surface area contributed by atoms with Crippen molar-refractivity contribution in [2.75, 3.05) is 68.0 Å². The van der Waals surface area contributed by atoms with Crippen LogP contribution >= 0.6 is 11.3 Å². The number of quaternary nitrogens is 1. The number of nitrogens with two attached hydrogens (primary N) is 1. The van der Waals surface area contributed by atoms with Gasteiger partial charge in [-0.2, -0.15) is 5.10 Å². The van der Waals surface area contributed by atoms with Crippen LogP contribution in [0.5, 0.6) is 0 Å². The Balaban J connectivity index is 0.683. The van der Waals surface area contributed by atoms with Gasteiger partial charge in [0.1, 0.15) is 24.4 Å². The number of nitrogens with one attached hydrogen (secondary N) is 5. The number of primary amides is 1. The minimum absolute atomic E-state index is 0.00134. The highest BCUT2D eigenvalue weighted by molar-refractivity contribution is 7.22. The first-order valence-corrected chi connectivity index (χ1v) is 36.2. The Kier molecular flexibility index (Phi) is 20.7. The summed E-state index contributed by atoms with van der Waals surface area (Å²) in [4.78, 5) is 102. The largest absolute Gasteiger partial charge is 0.476 e. The molecule has 0 spiro atoms. The summed E-state index contributed by atoms with van der Waals surface area (Å²) in [5.74, 6) is -1.86. The number of amides is 7. The maximum Gasteiger partial charge on any atom is 0.355 e. The molecule has 4 saturated carbocycles. The standard InChI is InChI=1S/C74H95N15O9S/c1-47(2)62(82-59(90)28-36-98-37-32-87-60(91)26-27-61(87)92)67(94)79-56(18-13-30-76-69(75)97)66(93)78-51-22-20-50(21-23-51)39-89(33-11-7-8-12-34-89)35-15-29-73-41-71(5)40-72(6,42-73)44-74(43-71,45-73)46-88-49(4)54(38-77-88)53-24-25-58(81-63(53)68(95)96)86-31-14-16-52-48(3)64(84-85-65(52)86)83-70-80-55-17-9-10-19-57(55)99-70/h9-10,17,19-27,38,47,56,62H,7-8,11-16,18,28-37,39-46H2,1-6H3,(H7-,75,76,78,79,80,82,83,84,90,93,94,95,96,97)/p+1/t56-,62-,71-,72+,73?,74?/m0/s1. The van der Waals surface area contributed by atoms with E-state index in [1.807, 2.05) is 66.6 Å². The van der Waals surface area contributed by atoms with Crippen LogP contribution in [0, 0.1) is 41.4 Å². The highest BCUT2D eigenvalue weighted by atomic mass is 32.1. The Hall–Kier alpha value is -8.68. The van der Waals surface area contributed by atoms with Crippen molar-refractivity contribution in [1.29, 1.82) is 0 Å². The number of imide groups is 1. The molecule has 4 aromatic heterocycles. The van der Waals surface area contributed by atoms with Crippen molar-refractivity contribution >= 4 is 91.4 Å². The molecule has 2 unspecified atom stereocenters. The number of carboxylic acid groups (broad SMARTS) is 1. The van der Waals surface area contributed by atoms with Crippen molar-refractivity contribution in [3.63, 3.8) is 0 Å². The maximum atomic E-state index is 14.1. The number of hydrogen-bond acceptors (Lipinski definition) is 16. The highest BCUT2D eigenvalue weighted by Gasteiger charge is 2.65. The molecule has 7 aliphatic rings. The molecule has 526 valence electrons. The van der Waals surface area contributed by atoms with E-state index in [-0.39, 0.29) is 72.4 Å². The van der Waals surface area contributed by atoms with E-state index in [2.05, 4.69) is 69.3 Å². The van der Waals surface area contributed by atoms with Crippen molar-refractivity contribution in [3.8, 4) is 11.1 Å². The number of ether oxygens (including phenoxy) is 1. The number of benzene rings is 2. The molecule has 24 nitrogen and oxygen atoms in total. The zero-order valence-corrected chi connectivity index (χ0v) is 58.9. The number of carbonyl (C=O) groups excluding carboxylic acids is 6. The number of hydrogen-bond donors (Lipinski definition) is 7. The highest BCUT2D eigenvalue weighted by Crippen LogP contribution is 2.75. The summed E-state index contributed by atoms with van der Waals surface area (Å²) in [6, 6.07) is 17.2. The monoisotopic (exact) mass is 1370 g/mol. The van der Waals surface area contributed by atoms with E-state index in [0.717, 1.165) is 118 Å². The van der Waals surface area contributed by atoms with Gasteiger partial charge in [0.15, 0.2) is 22.5 Å². The summed E-state index contributed by atoms with van der Waals surface area (Å²) in [5.41, 5.74) is 13.0. The van der Waals surface area contributed by atoms with Crippen LogP contribution in [-0.4, -0.2) is 151 Å². The average Bonchev–Trinajstić information content (AvgIpc) is 0.772. The second-order valence-corrected chi connectivity index (χ2v) is 31.4. The molecule has 7 amide bonds. The number of fused-ring (bicyclic) bond motifs is 2. The van der Waals surface area contributed by atoms with Crippen LogP contribution in [0.2, 0.25) is 0 Å². The molecule has 4 aliphatic carbocycles. The number of anilines is 5. The number of urea groups is 1. The molecule has 25 heteroatoms. The third-order valence-corrected chi connectivity index (χ3v) is 22.7. The van der Waals surface area contributed by atoms with Crippen LogP contribution in [0.25, 0.3) is 21.3 Å². The van der Waals surface area contributed by atoms with Gasteiger partial charge in [-0.1, -0.05) is 63.3 Å². The van der Waals surface area contributed by atoms with Gasteiger partial charge in [0.05, 0.1) is 55.8 Å². The Morgan fingerprint density at radius 2 is 1.53 bits per heavy atom. The summed E-state index contributed by atoms with van der Waals surface area (Å²) < 4.78 is 9.79. The molecule has 4 bridgehead atoms. The van der Waals surface area contributed by atoms with Crippen LogP contribution in [-0.2, 0) is 48.2 Å². The van der Waals surface area contributed by atoms with Crippen LogP contribution < -0.4 is 37.2 Å². The number of aromatic nitrogens is 6. The SMILES string of the molecule is Cc1c(Nc2nc3ccccc3s2)nnc2c1CCCN2c1ccc(-c2cnn(CC34CC5(CCC[N+]6(Cc7ccc(NC(=O)[C@H](CCCNC(N)=O)NC(=O)[C@@H](NC(=O)CCOCCN8C(=O)C=CC8=O)C(C)C)cc7)CCCCCC6)C[C@@](C)(C3)C[C@](C)(C5)C4)c2C)c(C(=O)O)n1. The van der Waals surface area contributed by atoms with Crippen molar-refractivity contribution in [2.24, 2.45) is 33.3 Å². The molecule has 6 aromatic rings. The van der Waals surface area contributed by atoms with Gasteiger partial charge in [-0.25, -0.2) is 19.6 Å². The summed E-state index contributed by atoms with van der Waals surface area (Å²) in [5, 5.41) is 40.7. The van der Waals surface area contributed by atoms with Gasteiger partial charge in [-0.05, 0) is 181 Å². The number of aromatic carboxylic acids is 1. The van der Waals surface area contributed by atoms with Crippen LogP contribution in [0.4, 0.5) is 33.1 Å². The third-order valence-electron chi connectivity index (χ3n) is 21.7. The van der Waals surface area contributed by atoms with Gasteiger partial charge in [0.25, 0.3) is 11.8 Å². The van der Waals surface area contributed by atoms with Crippen LogP contribution in [0.15, 0.2) is 79.0 Å². The van der Waals surface area contributed by atoms with Crippen molar-refractivity contribution in [2.45, 2.75) is 176 Å². The number of carbonyl (C=O) groups is 7. The lowest BCUT2D eigenvalue weighted by atomic mass is 9.35. The molecule has 3 aliphatic heterocycles. The molecular weight excluding hydrogens is 1270 g/mol. The van der Waals surface area contributed by atoms with Gasteiger partial charge in [0, 0.05) is 77.4 Å². The van der Waals surface area contributed by atoms with Crippen molar-refractivity contribution in [1.82, 2.24) is 50.8 Å². The fraction of sp³-hybridized carbons (Fsp3) is 0.541. The van der Waals surface area contributed by atoms with Crippen LogP contribution in [0.3, 0.4) is 0 Å². The Morgan fingerprint density at radius 1 is 0.798 bits per heavy atom. The van der Waals surface area contributed by atoms with Gasteiger partial charge >= 0.3 is 12.0 Å². The number of para-hydroxylation sites is 1. The van der Waals surface area contributed by atoms with E-state index in [1.54, 1.807) is 25.2 Å². The van der Waals surface area contributed by atoms with Gasteiger partial charge in [-0.3, -0.25) is 33.6 Å². The molecule has 5 fully saturated rings. The smallest absolute Gasteiger partial charge is 0.355 e. The van der Waals surface area contributed by atoms with E-state index >= 15 is 0 Å². The third kappa shape index (κ3) is 16.0. The fourth-order valence-corrected chi connectivity index (χ4v) is 19.4. The zero-order valence-electron chi connectivity index (χ0n) is 58.1. The zero-order chi connectivity index (χ0) is 69.9. The van der Waals surface area contributed by atoms with Gasteiger partial charge in [-0.15, -0.1) is 10.2 Å². The van der Waals surface area contributed by atoms with E-state index < -0.39 is 53.6 Å². The minimum atomic E-state index is -1.10. The Bertz CT molecular complexity index is 4000. The second-order valence-electron chi connectivity index (χ2n) is 30.4. The quantitative estimate of drug-likeness (QED) is 0.0130. The molecule has 6 atom stereocenters. The molecule has 0 radical (unpaired) electrons. The van der Waals surface area contributed by atoms with E-state index in [9.17, 15) is 38.7 Å². The molecule has 7 heterocycles. The molecular formula is C74H96N15O9S+. The number of likely N-dealkylation sites (tertiary alicyclic amines) is 1. The number of thiazole rings is 1. The summed E-state index contributed by atoms with van der Waals surface area (Å²) in [6.45, 7) is 18.7. The lowest BCUT2D eigenvalue weighted by Gasteiger charge is -2.70. The topological polar surface area (TPSA) is 311 Å². The normalized spacial score (nSPS) is 22.9. The van der Waals surface area contributed by atoms with Crippen molar-refractivity contribution < 1.29 is 47.9 Å². The molecule has 8 N–H and O–H groups in total. The van der Waals surface area contributed by atoms with E-state index in [1.165, 1.54) is 69.1 Å². The molecule has 2 aromatic carbocycles. The first kappa shape index (κ1) is 70.2. The maximum absolute atomic E-state index is 14.1. The summed E-state index contributed by atoms with van der Waals surface area (Å²) in [6.07, 6.45) is 20.6.